The van der Waals surface area contributed by atoms with Crippen molar-refractivity contribution in [1.82, 2.24) is 5.32 Å². The number of methoxy groups -OCH3 is 1. The first-order chi connectivity index (χ1) is 8.19. The summed E-state index contributed by atoms with van der Waals surface area (Å²) in [7, 11) is 1.65. The topological polar surface area (TPSA) is 38.3 Å². The number of benzene rings is 1. The third kappa shape index (κ3) is 4.29. The Balaban J connectivity index is 2.59. The van der Waals surface area contributed by atoms with Gasteiger partial charge in [0.25, 0.3) is 0 Å². The number of hydrogen-bond acceptors (Lipinski definition) is 3. The highest BCUT2D eigenvalue weighted by atomic mass is 16.5. The van der Waals surface area contributed by atoms with Gasteiger partial charge < -0.3 is 10.1 Å². The van der Waals surface area contributed by atoms with Gasteiger partial charge >= 0.3 is 0 Å². The molecule has 0 aliphatic heterocycles. The van der Waals surface area contributed by atoms with Crippen LogP contribution in [-0.4, -0.2) is 25.0 Å². The lowest BCUT2D eigenvalue weighted by Gasteiger charge is -2.24. The molecule has 94 valence electrons. The standard InChI is InChI=1S/C14H21NO2/c1-4-13(17-3)14(11(2)16)15-10-12-8-6-5-7-9-12/h5-9,13-15H,4,10H2,1-3H3/t13-,14+/m1/s1. The van der Waals surface area contributed by atoms with E-state index < -0.39 is 0 Å². The summed E-state index contributed by atoms with van der Waals surface area (Å²) in [6, 6.07) is 9.82. The third-order valence-electron chi connectivity index (χ3n) is 2.88. The van der Waals surface area contributed by atoms with Gasteiger partial charge in [-0.2, -0.15) is 0 Å². The number of rotatable bonds is 7. The molecule has 2 atom stereocenters. The Hall–Kier alpha value is -1.19. The van der Waals surface area contributed by atoms with Crippen LogP contribution in [-0.2, 0) is 16.1 Å². The van der Waals surface area contributed by atoms with Crippen molar-refractivity contribution in [3.63, 3.8) is 0 Å². The minimum atomic E-state index is -0.231. The van der Waals surface area contributed by atoms with Gasteiger partial charge in [-0.05, 0) is 18.9 Å². The number of carbonyl (C=O) groups is 1. The number of Topliss-reactive ketones (excluding diaryl/α,β-unsaturated/α-hetero) is 1. The first kappa shape index (κ1) is 13.9. The molecule has 17 heavy (non-hydrogen) atoms. The van der Waals surface area contributed by atoms with Crippen LogP contribution in [0.3, 0.4) is 0 Å². The van der Waals surface area contributed by atoms with E-state index in [0.29, 0.717) is 6.54 Å². The highest BCUT2D eigenvalue weighted by Gasteiger charge is 2.23. The van der Waals surface area contributed by atoms with Gasteiger partial charge in [0.1, 0.15) is 5.78 Å². The molecule has 1 N–H and O–H groups in total. The maximum atomic E-state index is 11.6. The quantitative estimate of drug-likeness (QED) is 0.787. The predicted octanol–water partition coefficient (Wildman–Crippen LogP) is 2.16. The summed E-state index contributed by atoms with van der Waals surface area (Å²) in [5.74, 6) is 0.120. The molecule has 0 aliphatic rings. The maximum Gasteiger partial charge on any atom is 0.149 e. The van der Waals surface area contributed by atoms with Crippen molar-refractivity contribution in [2.75, 3.05) is 7.11 Å². The van der Waals surface area contributed by atoms with Gasteiger partial charge in [0.15, 0.2) is 0 Å². The zero-order chi connectivity index (χ0) is 12.7. The molecular formula is C14H21NO2. The second kappa shape index (κ2) is 7.20. The Morgan fingerprint density at radius 3 is 2.47 bits per heavy atom. The fraction of sp³-hybridized carbons (Fsp3) is 0.500. The fourth-order valence-electron chi connectivity index (χ4n) is 1.90. The van der Waals surface area contributed by atoms with Crippen LogP contribution in [0.1, 0.15) is 25.8 Å². The smallest absolute Gasteiger partial charge is 0.149 e. The predicted molar refractivity (Wildman–Crippen MR) is 68.8 cm³/mol. The van der Waals surface area contributed by atoms with Crippen LogP contribution in [0.4, 0.5) is 0 Å². The molecule has 3 heteroatoms. The number of carbonyl (C=O) groups excluding carboxylic acids is 1. The zero-order valence-corrected chi connectivity index (χ0v) is 10.8. The largest absolute Gasteiger partial charge is 0.379 e. The molecule has 0 aliphatic carbocycles. The summed E-state index contributed by atoms with van der Waals surface area (Å²) in [6.45, 7) is 4.31. The molecule has 0 spiro atoms. The average Bonchev–Trinajstić information content (AvgIpc) is 2.35. The molecule has 1 aromatic carbocycles. The molecule has 0 bridgehead atoms. The first-order valence-electron chi connectivity index (χ1n) is 5.99. The van der Waals surface area contributed by atoms with Crippen molar-refractivity contribution in [2.24, 2.45) is 0 Å². The Morgan fingerprint density at radius 2 is 2.00 bits per heavy atom. The molecule has 0 amide bonds. The Kier molecular flexibility index (Phi) is 5.87. The molecule has 0 unspecified atom stereocenters. The van der Waals surface area contributed by atoms with Crippen LogP contribution < -0.4 is 5.32 Å². The van der Waals surface area contributed by atoms with Crippen molar-refractivity contribution in [1.29, 1.82) is 0 Å². The molecule has 0 radical (unpaired) electrons. The number of ether oxygens (including phenoxy) is 1. The van der Waals surface area contributed by atoms with Gasteiger partial charge in [-0.3, -0.25) is 4.79 Å². The van der Waals surface area contributed by atoms with Crippen LogP contribution in [0.25, 0.3) is 0 Å². The molecule has 1 aromatic rings. The van der Waals surface area contributed by atoms with Gasteiger partial charge in [0, 0.05) is 13.7 Å². The normalized spacial score (nSPS) is 14.3. The van der Waals surface area contributed by atoms with Crippen LogP contribution in [0.5, 0.6) is 0 Å². The molecule has 1 rings (SSSR count). The van der Waals surface area contributed by atoms with Crippen LogP contribution in [0, 0.1) is 0 Å². The van der Waals surface area contributed by atoms with Gasteiger partial charge in [-0.25, -0.2) is 0 Å². The minimum Gasteiger partial charge on any atom is -0.379 e. The van der Waals surface area contributed by atoms with E-state index in [9.17, 15) is 4.79 Å². The van der Waals surface area contributed by atoms with Crippen LogP contribution in [0.15, 0.2) is 30.3 Å². The Morgan fingerprint density at radius 1 is 1.35 bits per heavy atom. The summed E-state index contributed by atoms with van der Waals surface area (Å²) in [5.41, 5.74) is 1.17. The summed E-state index contributed by atoms with van der Waals surface area (Å²) in [5, 5.41) is 3.26. The van der Waals surface area contributed by atoms with Crippen molar-refractivity contribution >= 4 is 5.78 Å². The van der Waals surface area contributed by atoms with E-state index in [1.807, 2.05) is 37.3 Å². The van der Waals surface area contributed by atoms with E-state index in [-0.39, 0.29) is 17.9 Å². The monoisotopic (exact) mass is 235 g/mol. The minimum absolute atomic E-state index is 0.0591. The number of ketones is 1. The fourth-order valence-corrected chi connectivity index (χ4v) is 1.90. The van der Waals surface area contributed by atoms with Crippen molar-refractivity contribution < 1.29 is 9.53 Å². The molecule has 0 fully saturated rings. The van der Waals surface area contributed by atoms with E-state index in [2.05, 4.69) is 5.32 Å². The van der Waals surface area contributed by atoms with Crippen LogP contribution >= 0.6 is 0 Å². The molecule has 0 saturated heterocycles. The van der Waals surface area contributed by atoms with Crippen molar-refractivity contribution in [2.45, 2.75) is 39.0 Å². The van der Waals surface area contributed by atoms with E-state index in [1.54, 1.807) is 14.0 Å². The van der Waals surface area contributed by atoms with Crippen molar-refractivity contribution in [3.8, 4) is 0 Å². The van der Waals surface area contributed by atoms with E-state index in [0.717, 1.165) is 6.42 Å². The molecule has 0 heterocycles. The molecule has 0 saturated carbocycles. The second-order valence-corrected chi connectivity index (χ2v) is 4.14. The number of nitrogens with one attached hydrogen (secondary N) is 1. The maximum absolute atomic E-state index is 11.6. The van der Waals surface area contributed by atoms with Gasteiger partial charge in [-0.15, -0.1) is 0 Å². The van der Waals surface area contributed by atoms with E-state index in [4.69, 9.17) is 4.74 Å². The van der Waals surface area contributed by atoms with E-state index >= 15 is 0 Å². The van der Waals surface area contributed by atoms with E-state index in [1.165, 1.54) is 5.56 Å². The lowest BCUT2D eigenvalue weighted by molar-refractivity contribution is -0.122. The summed E-state index contributed by atoms with van der Waals surface area (Å²) >= 11 is 0. The SMILES string of the molecule is CC[C@@H](OC)[C@@H](NCc1ccccc1)C(C)=O. The lowest BCUT2D eigenvalue weighted by atomic mass is 10.0. The molecular weight excluding hydrogens is 214 g/mol. The zero-order valence-electron chi connectivity index (χ0n) is 10.8. The Labute approximate surface area is 103 Å². The van der Waals surface area contributed by atoms with Gasteiger partial charge in [0.2, 0.25) is 0 Å². The summed E-state index contributed by atoms with van der Waals surface area (Å²) in [6.07, 6.45) is 0.763. The molecule has 3 nitrogen and oxygen atoms in total. The highest BCUT2D eigenvalue weighted by molar-refractivity contribution is 5.82. The lowest BCUT2D eigenvalue weighted by Crippen LogP contribution is -2.45. The van der Waals surface area contributed by atoms with Crippen molar-refractivity contribution in [3.05, 3.63) is 35.9 Å². The highest BCUT2D eigenvalue weighted by Crippen LogP contribution is 2.06. The Bertz CT molecular complexity index is 333. The second-order valence-electron chi connectivity index (χ2n) is 4.14. The molecule has 0 aromatic heterocycles. The van der Waals surface area contributed by atoms with Crippen LogP contribution in [0.2, 0.25) is 0 Å². The van der Waals surface area contributed by atoms with Gasteiger partial charge in [0.05, 0.1) is 12.1 Å². The third-order valence-corrected chi connectivity index (χ3v) is 2.88. The summed E-state index contributed by atoms with van der Waals surface area (Å²) in [4.78, 5) is 11.6. The average molecular weight is 235 g/mol. The first-order valence-corrected chi connectivity index (χ1v) is 5.99. The summed E-state index contributed by atoms with van der Waals surface area (Å²) < 4.78 is 5.33. The number of hydrogen-bond donors (Lipinski definition) is 1. The van der Waals surface area contributed by atoms with Gasteiger partial charge in [-0.1, -0.05) is 37.3 Å².